The average Bonchev–Trinajstić information content (AvgIpc) is 1.98. The van der Waals surface area contributed by atoms with Gasteiger partial charge in [-0.2, -0.15) is 0 Å². The Labute approximate surface area is 70.9 Å². The van der Waals surface area contributed by atoms with E-state index in [-0.39, 0.29) is 5.91 Å². The van der Waals surface area contributed by atoms with Crippen LogP contribution in [-0.2, 0) is 14.3 Å². The van der Waals surface area contributed by atoms with E-state index in [0.29, 0.717) is 0 Å². The third-order valence-corrected chi connectivity index (χ3v) is 1.25. The highest BCUT2D eigenvalue weighted by Crippen LogP contribution is 1.94. The molecule has 0 heterocycles. The van der Waals surface area contributed by atoms with E-state index in [1.807, 2.05) is 0 Å². The van der Waals surface area contributed by atoms with E-state index in [2.05, 4.69) is 0 Å². The molecule has 0 rings (SSSR count). The van der Waals surface area contributed by atoms with Gasteiger partial charge in [0.25, 0.3) is 5.91 Å². The summed E-state index contributed by atoms with van der Waals surface area (Å²) in [7, 11) is 3.17. The van der Waals surface area contributed by atoms with E-state index in [4.69, 9.17) is 9.84 Å². The van der Waals surface area contributed by atoms with Crippen LogP contribution in [0.2, 0.25) is 0 Å². The molecule has 0 aromatic heterocycles. The summed E-state index contributed by atoms with van der Waals surface area (Å²) in [6.07, 6.45) is -0.698. The fraction of sp³-hybridized carbons (Fsp3) is 0.714. The van der Waals surface area contributed by atoms with E-state index in [9.17, 15) is 9.59 Å². The van der Waals surface area contributed by atoms with Crippen molar-refractivity contribution in [3.8, 4) is 0 Å². The van der Waals surface area contributed by atoms with Crippen LogP contribution in [0, 0.1) is 0 Å². The molecule has 0 radical (unpaired) electrons. The van der Waals surface area contributed by atoms with Crippen molar-refractivity contribution in [1.29, 1.82) is 0 Å². The van der Waals surface area contributed by atoms with Crippen LogP contribution < -0.4 is 0 Å². The molecular weight excluding hydrogens is 162 g/mol. The fourth-order valence-corrected chi connectivity index (χ4v) is 0.631. The highest BCUT2D eigenvalue weighted by molar-refractivity contribution is 5.80. The molecule has 0 aliphatic carbocycles. The topological polar surface area (TPSA) is 66.8 Å². The number of carboxylic acids is 1. The predicted molar refractivity (Wildman–Crippen MR) is 41.7 cm³/mol. The Morgan fingerprint density at radius 3 is 2.33 bits per heavy atom. The summed E-state index contributed by atoms with van der Waals surface area (Å²) in [4.78, 5) is 22.5. The number of nitrogens with zero attached hydrogens (tertiary/aromatic N) is 1. The van der Waals surface area contributed by atoms with Crippen LogP contribution in [0.25, 0.3) is 0 Å². The minimum absolute atomic E-state index is 0.240. The van der Waals surface area contributed by atoms with Gasteiger partial charge in [-0.3, -0.25) is 4.79 Å². The second-order valence-corrected chi connectivity index (χ2v) is 2.58. The zero-order chi connectivity index (χ0) is 9.72. The number of aliphatic carboxylic acids is 1. The minimum atomic E-state index is -1.08. The van der Waals surface area contributed by atoms with E-state index in [1.54, 1.807) is 14.1 Å². The molecule has 5 nitrogen and oxygen atoms in total. The van der Waals surface area contributed by atoms with Gasteiger partial charge in [-0.05, 0) is 6.92 Å². The molecule has 1 atom stereocenters. The number of carbonyl (C=O) groups excluding carboxylic acids is 1. The maximum absolute atomic E-state index is 11.1. The molecule has 0 aliphatic rings. The molecule has 1 N–H and O–H groups in total. The van der Waals surface area contributed by atoms with E-state index >= 15 is 0 Å². The molecule has 0 aromatic rings. The Balaban J connectivity index is 3.79. The quantitative estimate of drug-likeness (QED) is 0.629. The van der Waals surface area contributed by atoms with Gasteiger partial charge in [0, 0.05) is 14.1 Å². The molecule has 0 aromatic carbocycles. The summed E-state index contributed by atoms with van der Waals surface area (Å²) in [5, 5.41) is 8.23. The summed E-state index contributed by atoms with van der Waals surface area (Å²) in [5.41, 5.74) is 0. The van der Waals surface area contributed by atoms with Crippen molar-refractivity contribution >= 4 is 11.9 Å². The summed E-state index contributed by atoms with van der Waals surface area (Å²) >= 11 is 0. The Bertz CT molecular complexity index is 178. The highest BCUT2D eigenvalue weighted by atomic mass is 16.5. The predicted octanol–water partition coefficient (Wildman–Crippen LogP) is -0.436. The SMILES string of the molecule is CC(OCC(=O)O)C(=O)N(C)C. The summed E-state index contributed by atoms with van der Waals surface area (Å²) < 4.78 is 4.74. The van der Waals surface area contributed by atoms with Gasteiger partial charge in [-0.25, -0.2) is 4.79 Å². The first-order chi connectivity index (χ1) is 5.45. The van der Waals surface area contributed by atoms with Gasteiger partial charge >= 0.3 is 5.97 Å². The van der Waals surface area contributed by atoms with E-state index < -0.39 is 18.7 Å². The largest absolute Gasteiger partial charge is 0.480 e. The monoisotopic (exact) mass is 175 g/mol. The molecule has 0 aliphatic heterocycles. The van der Waals surface area contributed by atoms with Crippen molar-refractivity contribution in [1.82, 2.24) is 4.90 Å². The molecule has 12 heavy (non-hydrogen) atoms. The van der Waals surface area contributed by atoms with Crippen LogP contribution in [0.15, 0.2) is 0 Å². The van der Waals surface area contributed by atoms with Crippen molar-refractivity contribution in [2.24, 2.45) is 0 Å². The summed E-state index contributed by atoms with van der Waals surface area (Å²) in [5.74, 6) is -1.32. The van der Waals surface area contributed by atoms with Crippen molar-refractivity contribution in [2.45, 2.75) is 13.0 Å². The van der Waals surface area contributed by atoms with Gasteiger partial charge in [0.15, 0.2) is 0 Å². The van der Waals surface area contributed by atoms with Crippen LogP contribution in [0.3, 0.4) is 0 Å². The van der Waals surface area contributed by atoms with Crippen molar-refractivity contribution in [2.75, 3.05) is 20.7 Å². The number of likely N-dealkylation sites (N-methyl/N-ethyl adjacent to an activating group) is 1. The Morgan fingerprint density at radius 2 is 2.00 bits per heavy atom. The average molecular weight is 175 g/mol. The van der Waals surface area contributed by atoms with Crippen LogP contribution in [0.1, 0.15) is 6.92 Å². The number of amides is 1. The number of hydrogen-bond acceptors (Lipinski definition) is 3. The van der Waals surface area contributed by atoms with Crippen molar-refractivity contribution < 1.29 is 19.4 Å². The number of rotatable bonds is 4. The zero-order valence-electron chi connectivity index (χ0n) is 7.40. The minimum Gasteiger partial charge on any atom is -0.480 e. The Hall–Kier alpha value is -1.10. The fourth-order valence-electron chi connectivity index (χ4n) is 0.631. The molecule has 0 saturated carbocycles. The lowest BCUT2D eigenvalue weighted by Gasteiger charge is -2.15. The first kappa shape index (κ1) is 10.9. The van der Waals surface area contributed by atoms with Crippen LogP contribution >= 0.6 is 0 Å². The first-order valence-corrected chi connectivity index (χ1v) is 3.49. The van der Waals surface area contributed by atoms with Crippen molar-refractivity contribution in [3.05, 3.63) is 0 Å². The lowest BCUT2D eigenvalue weighted by molar-refractivity contribution is -0.150. The number of hydrogen-bond donors (Lipinski definition) is 1. The molecule has 0 spiro atoms. The number of ether oxygens (including phenoxy) is 1. The maximum Gasteiger partial charge on any atom is 0.329 e. The highest BCUT2D eigenvalue weighted by Gasteiger charge is 2.15. The maximum atomic E-state index is 11.1. The third kappa shape index (κ3) is 3.92. The normalized spacial score (nSPS) is 12.2. The van der Waals surface area contributed by atoms with E-state index in [1.165, 1.54) is 11.8 Å². The standard InChI is InChI=1S/C7H13NO4/c1-5(7(11)8(2)3)12-4-6(9)10/h5H,4H2,1-3H3,(H,9,10). The Kier molecular flexibility index (Phi) is 4.28. The molecule has 0 fully saturated rings. The summed E-state index contributed by atoms with van der Waals surface area (Å²) in [6, 6.07) is 0. The second-order valence-electron chi connectivity index (χ2n) is 2.58. The van der Waals surface area contributed by atoms with Crippen molar-refractivity contribution in [3.63, 3.8) is 0 Å². The molecule has 1 unspecified atom stereocenters. The first-order valence-electron chi connectivity index (χ1n) is 3.49. The van der Waals surface area contributed by atoms with Crippen LogP contribution in [0.4, 0.5) is 0 Å². The molecule has 0 bridgehead atoms. The lowest BCUT2D eigenvalue weighted by atomic mass is 10.3. The lowest BCUT2D eigenvalue weighted by Crippen LogP contribution is -2.34. The van der Waals surface area contributed by atoms with Gasteiger partial charge in [0.1, 0.15) is 12.7 Å². The smallest absolute Gasteiger partial charge is 0.329 e. The van der Waals surface area contributed by atoms with Crippen LogP contribution in [-0.4, -0.2) is 48.7 Å². The van der Waals surface area contributed by atoms with Gasteiger partial charge in [0.05, 0.1) is 0 Å². The second kappa shape index (κ2) is 4.71. The van der Waals surface area contributed by atoms with Gasteiger partial charge in [-0.15, -0.1) is 0 Å². The molecular formula is C7H13NO4. The molecule has 5 heteroatoms. The Morgan fingerprint density at radius 1 is 1.50 bits per heavy atom. The van der Waals surface area contributed by atoms with Gasteiger partial charge < -0.3 is 14.7 Å². The molecule has 0 saturated heterocycles. The summed E-state index contributed by atoms with van der Waals surface area (Å²) in [6.45, 7) is 1.08. The van der Waals surface area contributed by atoms with Gasteiger partial charge in [0.2, 0.25) is 0 Å². The molecule has 70 valence electrons. The van der Waals surface area contributed by atoms with Gasteiger partial charge in [-0.1, -0.05) is 0 Å². The third-order valence-electron chi connectivity index (χ3n) is 1.25. The van der Waals surface area contributed by atoms with E-state index in [0.717, 1.165) is 0 Å². The van der Waals surface area contributed by atoms with Crippen LogP contribution in [0.5, 0.6) is 0 Å². The number of carbonyl (C=O) groups is 2. The number of carboxylic acid groups (broad SMARTS) is 1. The molecule has 1 amide bonds. The zero-order valence-corrected chi connectivity index (χ0v) is 7.40.